The Kier molecular flexibility index (Phi) is 7.14. The second kappa shape index (κ2) is 10.4. The van der Waals surface area contributed by atoms with Crippen molar-refractivity contribution >= 4 is 21.4 Å². The Morgan fingerprint density at radius 2 is 1.70 bits per heavy atom. The minimum Gasteiger partial charge on any atom is -0.489 e. The van der Waals surface area contributed by atoms with Gasteiger partial charge >= 0.3 is 0 Å². The summed E-state index contributed by atoms with van der Waals surface area (Å²) in [6, 6.07) is 22.1. The van der Waals surface area contributed by atoms with Crippen LogP contribution in [0.4, 0.5) is 5.69 Å². The smallest absolute Gasteiger partial charge is 0.239 e. The van der Waals surface area contributed by atoms with Gasteiger partial charge in [0.15, 0.2) is 21.3 Å². The topological polar surface area (TPSA) is 90.9 Å². The fourth-order valence-corrected chi connectivity index (χ4v) is 4.68. The second-order valence-electron chi connectivity index (χ2n) is 7.73. The molecule has 1 aliphatic heterocycles. The Morgan fingerprint density at radius 3 is 2.55 bits per heavy atom. The predicted molar refractivity (Wildman–Crippen MR) is 125 cm³/mol. The lowest BCUT2D eigenvalue weighted by Crippen LogP contribution is -2.25. The number of aryl methyl sites for hydroxylation is 1. The zero-order chi connectivity index (χ0) is 23.1. The number of carbonyl (C=O) groups excluding carboxylic acids is 1. The first kappa shape index (κ1) is 22.7. The Hall–Kier alpha value is -3.52. The van der Waals surface area contributed by atoms with Gasteiger partial charge in [0.25, 0.3) is 0 Å². The summed E-state index contributed by atoms with van der Waals surface area (Å²) in [7, 11) is -3.49. The summed E-state index contributed by atoms with van der Waals surface area (Å²) in [6.45, 7) is 0.477. The molecule has 0 fully saturated rings. The molecule has 0 unspecified atom stereocenters. The Balaban J connectivity index is 1.26. The normalized spacial score (nSPS) is 12.4. The molecule has 0 spiro atoms. The molecule has 172 valence electrons. The van der Waals surface area contributed by atoms with Crippen LogP contribution >= 0.6 is 0 Å². The molecule has 0 saturated heterocycles. The number of ether oxygens (including phenoxy) is 3. The summed E-state index contributed by atoms with van der Waals surface area (Å²) in [5.41, 5.74) is 2.43. The number of nitrogens with one attached hydrogen (secondary N) is 1. The average Bonchev–Trinajstić information content (AvgIpc) is 3.26. The van der Waals surface area contributed by atoms with Crippen LogP contribution in [0.15, 0.2) is 72.8 Å². The van der Waals surface area contributed by atoms with E-state index in [4.69, 9.17) is 14.2 Å². The molecule has 3 aromatic carbocycles. The molecule has 0 bridgehead atoms. The van der Waals surface area contributed by atoms with Crippen LogP contribution in [0.5, 0.6) is 17.2 Å². The van der Waals surface area contributed by atoms with Gasteiger partial charge in [-0.25, -0.2) is 8.42 Å². The monoisotopic (exact) mass is 467 g/mol. The van der Waals surface area contributed by atoms with Crippen molar-refractivity contribution in [1.82, 2.24) is 0 Å². The third-order valence-corrected chi connectivity index (χ3v) is 6.69. The first-order valence-corrected chi connectivity index (χ1v) is 12.4. The number of hydrogen-bond acceptors (Lipinski definition) is 6. The summed E-state index contributed by atoms with van der Waals surface area (Å²) in [4.78, 5) is 12.3. The van der Waals surface area contributed by atoms with E-state index in [1.54, 1.807) is 36.4 Å². The maximum atomic E-state index is 12.3. The molecule has 1 N–H and O–H groups in total. The number of fused-ring (bicyclic) bond motifs is 1. The van der Waals surface area contributed by atoms with E-state index >= 15 is 0 Å². The highest BCUT2D eigenvalue weighted by atomic mass is 32.2. The first-order chi connectivity index (χ1) is 16.0. The van der Waals surface area contributed by atoms with Crippen LogP contribution < -0.4 is 19.5 Å². The van der Waals surface area contributed by atoms with Crippen molar-refractivity contribution in [3.05, 3.63) is 83.9 Å². The van der Waals surface area contributed by atoms with E-state index in [0.717, 1.165) is 11.1 Å². The lowest BCUT2D eigenvalue weighted by atomic mass is 10.1. The highest BCUT2D eigenvalue weighted by Gasteiger charge is 2.17. The predicted octanol–water partition coefficient (Wildman–Crippen LogP) is 3.98. The molecule has 0 saturated carbocycles. The van der Waals surface area contributed by atoms with Crippen molar-refractivity contribution in [3.8, 4) is 17.2 Å². The lowest BCUT2D eigenvalue weighted by molar-refractivity contribution is -0.113. The van der Waals surface area contributed by atoms with Gasteiger partial charge in [-0.2, -0.15) is 0 Å². The van der Waals surface area contributed by atoms with E-state index in [2.05, 4.69) is 5.32 Å². The van der Waals surface area contributed by atoms with Gasteiger partial charge in [-0.05, 0) is 48.2 Å². The van der Waals surface area contributed by atoms with Crippen LogP contribution in [0, 0.1) is 0 Å². The van der Waals surface area contributed by atoms with Crippen molar-refractivity contribution in [2.45, 2.75) is 19.4 Å². The van der Waals surface area contributed by atoms with Gasteiger partial charge in [0.05, 0.1) is 5.75 Å². The van der Waals surface area contributed by atoms with E-state index in [-0.39, 0.29) is 19.2 Å². The second-order valence-corrected chi connectivity index (χ2v) is 9.92. The largest absolute Gasteiger partial charge is 0.489 e. The standard InChI is InChI=1S/C25H25NO6S/c27-25(17-33(28,29)13-5-9-19-6-2-1-3-7-19)26-21-10-4-8-20(14-21)16-30-22-11-12-23-24(15-22)32-18-31-23/h1-4,6-8,10-12,14-15H,5,9,13,16-18H2,(H,26,27). The quantitative estimate of drug-likeness (QED) is 0.485. The molecule has 7 nitrogen and oxygen atoms in total. The third-order valence-electron chi connectivity index (χ3n) is 5.07. The van der Waals surface area contributed by atoms with Crippen LogP contribution in [-0.4, -0.2) is 32.6 Å². The molecular formula is C25H25NO6S. The molecule has 0 aliphatic carbocycles. The molecule has 0 radical (unpaired) electrons. The Labute approximate surface area is 193 Å². The van der Waals surface area contributed by atoms with E-state index in [0.29, 0.717) is 35.8 Å². The number of rotatable bonds is 10. The van der Waals surface area contributed by atoms with Crippen molar-refractivity contribution in [2.75, 3.05) is 23.6 Å². The molecule has 8 heteroatoms. The highest BCUT2D eigenvalue weighted by Crippen LogP contribution is 2.35. The minimum atomic E-state index is -3.49. The molecule has 1 aliphatic rings. The Bertz CT molecular complexity index is 1210. The number of sulfone groups is 1. The molecule has 1 heterocycles. The molecular weight excluding hydrogens is 442 g/mol. The van der Waals surface area contributed by atoms with Crippen molar-refractivity contribution in [2.24, 2.45) is 0 Å². The van der Waals surface area contributed by atoms with E-state index in [1.807, 2.05) is 36.4 Å². The Morgan fingerprint density at radius 1 is 0.909 bits per heavy atom. The SMILES string of the molecule is O=C(CS(=O)(=O)CCCc1ccccc1)Nc1cccc(COc2ccc3c(c2)OCO3)c1. The number of hydrogen-bond donors (Lipinski definition) is 1. The number of carbonyl (C=O) groups is 1. The average molecular weight is 468 g/mol. The van der Waals surface area contributed by atoms with Crippen LogP contribution in [0.1, 0.15) is 17.5 Å². The van der Waals surface area contributed by atoms with Crippen molar-refractivity contribution in [3.63, 3.8) is 0 Å². The number of amides is 1. The van der Waals surface area contributed by atoms with Gasteiger partial charge in [0.1, 0.15) is 18.1 Å². The van der Waals surface area contributed by atoms with Crippen LogP contribution in [0.3, 0.4) is 0 Å². The summed E-state index contributed by atoms with van der Waals surface area (Å²) in [5.74, 6) is 0.831. The minimum absolute atomic E-state index is 0.0290. The highest BCUT2D eigenvalue weighted by molar-refractivity contribution is 7.92. The molecule has 0 aromatic heterocycles. The number of benzene rings is 3. The van der Waals surface area contributed by atoms with E-state index < -0.39 is 21.5 Å². The third kappa shape index (κ3) is 6.73. The molecule has 3 aromatic rings. The summed E-state index contributed by atoms with van der Waals surface area (Å²) < 4.78 is 41.1. The fraction of sp³-hybridized carbons (Fsp3) is 0.240. The van der Waals surface area contributed by atoms with Crippen molar-refractivity contribution < 1.29 is 27.4 Å². The zero-order valence-corrected chi connectivity index (χ0v) is 18.8. The molecule has 4 rings (SSSR count). The first-order valence-electron chi connectivity index (χ1n) is 10.6. The van der Waals surface area contributed by atoms with Crippen LogP contribution in [-0.2, 0) is 27.7 Å². The molecule has 0 atom stereocenters. The van der Waals surface area contributed by atoms with Gasteiger partial charge in [0.2, 0.25) is 12.7 Å². The molecule has 1 amide bonds. The van der Waals surface area contributed by atoms with E-state index in [1.165, 1.54) is 0 Å². The summed E-state index contributed by atoms with van der Waals surface area (Å²) >= 11 is 0. The fourth-order valence-electron chi connectivity index (χ4n) is 3.48. The zero-order valence-electron chi connectivity index (χ0n) is 18.0. The lowest BCUT2D eigenvalue weighted by Gasteiger charge is -2.10. The maximum absolute atomic E-state index is 12.3. The van der Waals surface area contributed by atoms with Gasteiger partial charge in [-0.15, -0.1) is 0 Å². The van der Waals surface area contributed by atoms with Crippen LogP contribution in [0.2, 0.25) is 0 Å². The molecule has 33 heavy (non-hydrogen) atoms. The van der Waals surface area contributed by atoms with Gasteiger partial charge in [0, 0.05) is 11.8 Å². The van der Waals surface area contributed by atoms with Gasteiger partial charge in [-0.3, -0.25) is 4.79 Å². The van der Waals surface area contributed by atoms with Gasteiger partial charge < -0.3 is 19.5 Å². The summed E-state index contributed by atoms with van der Waals surface area (Å²) in [5, 5.41) is 2.67. The maximum Gasteiger partial charge on any atom is 0.239 e. The number of anilines is 1. The van der Waals surface area contributed by atoms with E-state index in [9.17, 15) is 13.2 Å². The van der Waals surface area contributed by atoms with Crippen LogP contribution in [0.25, 0.3) is 0 Å². The van der Waals surface area contributed by atoms with Crippen molar-refractivity contribution in [1.29, 1.82) is 0 Å². The summed E-state index contributed by atoms with van der Waals surface area (Å²) in [6.07, 6.45) is 1.14. The van der Waals surface area contributed by atoms with Gasteiger partial charge in [-0.1, -0.05) is 42.5 Å².